The first-order valence-electron chi connectivity index (χ1n) is 15.3. The standard InChI is InChI=1S/C42H25NS2/c1-2-11-26(12-3-1)29-23-22-28(27-21-24-39-34(25-27)32-15-6-9-20-38(32)44-39)40-33-16-10-19-37(41(33)45-42(29)40)43-35-17-7-4-13-30(35)31-14-5-8-18-36(31)43/h1-25H. The van der Waals surface area contributed by atoms with E-state index >= 15 is 0 Å². The van der Waals surface area contributed by atoms with Crippen molar-refractivity contribution in [2.24, 2.45) is 0 Å². The predicted molar refractivity (Wildman–Crippen MR) is 197 cm³/mol. The van der Waals surface area contributed by atoms with Gasteiger partial charge in [-0.2, -0.15) is 0 Å². The van der Waals surface area contributed by atoms with E-state index in [1.165, 1.54) is 90.1 Å². The van der Waals surface area contributed by atoms with E-state index in [4.69, 9.17) is 0 Å². The number of fused-ring (bicyclic) bond motifs is 9. The largest absolute Gasteiger partial charge is 0.308 e. The zero-order chi connectivity index (χ0) is 29.5. The van der Waals surface area contributed by atoms with Crippen LogP contribution in [0.5, 0.6) is 0 Å². The lowest BCUT2D eigenvalue weighted by molar-refractivity contribution is 1.20. The highest BCUT2D eigenvalue weighted by molar-refractivity contribution is 7.27. The van der Waals surface area contributed by atoms with Gasteiger partial charge in [0.2, 0.25) is 0 Å². The Morgan fingerprint density at radius 3 is 1.82 bits per heavy atom. The highest BCUT2D eigenvalue weighted by Crippen LogP contribution is 2.48. The van der Waals surface area contributed by atoms with E-state index in [1.54, 1.807) is 0 Å². The Morgan fingerprint density at radius 2 is 1.02 bits per heavy atom. The van der Waals surface area contributed by atoms with Crippen LogP contribution in [0.25, 0.3) is 90.1 Å². The minimum atomic E-state index is 1.23. The monoisotopic (exact) mass is 607 g/mol. The summed E-state index contributed by atoms with van der Waals surface area (Å²) in [6, 6.07) is 55.8. The maximum Gasteiger partial charge on any atom is 0.0640 e. The summed E-state index contributed by atoms with van der Waals surface area (Å²) in [5.74, 6) is 0. The third-order valence-electron chi connectivity index (χ3n) is 9.22. The van der Waals surface area contributed by atoms with E-state index in [2.05, 4.69) is 156 Å². The van der Waals surface area contributed by atoms with Crippen molar-refractivity contribution in [1.82, 2.24) is 4.57 Å². The summed E-state index contributed by atoms with van der Waals surface area (Å²) in [6.07, 6.45) is 0. The first-order valence-corrected chi connectivity index (χ1v) is 16.9. The predicted octanol–water partition coefficient (Wildman–Crippen LogP) is 12.9. The zero-order valence-electron chi connectivity index (χ0n) is 24.2. The number of hydrogen-bond donors (Lipinski definition) is 0. The van der Waals surface area contributed by atoms with Crippen molar-refractivity contribution in [3.63, 3.8) is 0 Å². The third-order valence-corrected chi connectivity index (χ3v) is 11.6. The molecule has 3 heterocycles. The van der Waals surface area contributed by atoms with Gasteiger partial charge in [0.15, 0.2) is 0 Å². The van der Waals surface area contributed by atoms with Crippen LogP contribution in [0.2, 0.25) is 0 Å². The second-order valence-corrected chi connectivity index (χ2v) is 13.8. The van der Waals surface area contributed by atoms with Gasteiger partial charge in [0.05, 0.1) is 21.4 Å². The van der Waals surface area contributed by atoms with E-state index < -0.39 is 0 Å². The summed E-state index contributed by atoms with van der Waals surface area (Å²) in [4.78, 5) is 0. The van der Waals surface area contributed by atoms with E-state index in [1.807, 2.05) is 22.7 Å². The molecule has 210 valence electrons. The normalized spacial score (nSPS) is 12.0. The molecule has 0 spiro atoms. The third kappa shape index (κ3) is 3.66. The molecule has 7 aromatic carbocycles. The second kappa shape index (κ2) is 9.64. The molecule has 45 heavy (non-hydrogen) atoms. The van der Waals surface area contributed by atoms with Gasteiger partial charge in [-0.1, -0.05) is 115 Å². The van der Waals surface area contributed by atoms with Gasteiger partial charge in [-0.05, 0) is 58.7 Å². The molecule has 0 radical (unpaired) electrons. The Kier molecular flexibility index (Phi) is 5.39. The average molecular weight is 608 g/mol. The van der Waals surface area contributed by atoms with Crippen molar-refractivity contribution in [1.29, 1.82) is 0 Å². The Labute approximate surface area is 267 Å². The SMILES string of the molecule is c1ccc(-c2ccc(-c3ccc4sc5ccccc5c4c3)c3c2sc2c(-n4c5ccccc5c5ccccc54)cccc23)cc1. The summed E-state index contributed by atoms with van der Waals surface area (Å²) >= 11 is 3.80. The van der Waals surface area contributed by atoms with Crippen molar-refractivity contribution in [3.8, 4) is 27.9 Å². The quantitative estimate of drug-likeness (QED) is 0.188. The highest BCUT2D eigenvalue weighted by atomic mass is 32.1. The molecule has 1 nitrogen and oxygen atoms in total. The molecule has 0 aliphatic heterocycles. The number of nitrogens with zero attached hydrogens (tertiary/aromatic N) is 1. The van der Waals surface area contributed by atoms with Crippen molar-refractivity contribution in [3.05, 3.63) is 152 Å². The van der Waals surface area contributed by atoms with Gasteiger partial charge in [0, 0.05) is 46.4 Å². The molecule has 10 rings (SSSR count). The lowest BCUT2D eigenvalue weighted by Gasteiger charge is -2.11. The molecule has 0 atom stereocenters. The molecule has 3 heteroatoms. The maximum atomic E-state index is 2.47. The Hall–Kier alpha value is -5.22. The molecule has 0 saturated carbocycles. The molecule has 0 aliphatic rings. The van der Waals surface area contributed by atoms with Crippen LogP contribution in [0.15, 0.2) is 152 Å². The number of aromatic nitrogens is 1. The lowest BCUT2D eigenvalue weighted by Crippen LogP contribution is -1.93. The Balaban J connectivity index is 1.32. The van der Waals surface area contributed by atoms with Crippen molar-refractivity contribution in [2.45, 2.75) is 0 Å². The average Bonchev–Trinajstić information content (AvgIpc) is 3.78. The van der Waals surface area contributed by atoms with Crippen molar-refractivity contribution >= 4 is 84.8 Å². The smallest absolute Gasteiger partial charge is 0.0640 e. The molecule has 0 saturated heterocycles. The van der Waals surface area contributed by atoms with E-state index in [-0.39, 0.29) is 0 Å². The van der Waals surface area contributed by atoms with Crippen molar-refractivity contribution in [2.75, 3.05) is 0 Å². The van der Waals surface area contributed by atoms with E-state index in [9.17, 15) is 0 Å². The molecule has 0 bridgehead atoms. The Morgan fingerprint density at radius 1 is 0.378 bits per heavy atom. The van der Waals surface area contributed by atoms with Gasteiger partial charge < -0.3 is 4.57 Å². The van der Waals surface area contributed by atoms with Gasteiger partial charge in [-0.25, -0.2) is 0 Å². The lowest BCUT2D eigenvalue weighted by atomic mass is 9.94. The van der Waals surface area contributed by atoms with E-state index in [0.29, 0.717) is 0 Å². The number of thiophene rings is 2. The summed E-state index contributed by atoms with van der Waals surface area (Å²) in [7, 11) is 0. The summed E-state index contributed by atoms with van der Waals surface area (Å²) in [6.45, 7) is 0. The molecular weight excluding hydrogens is 583 g/mol. The minimum absolute atomic E-state index is 1.23. The minimum Gasteiger partial charge on any atom is -0.308 e. The fraction of sp³-hybridized carbons (Fsp3) is 0. The number of hydrogen-bond acceptors (Lipinski definition) is 2. The second-order valence-electron chi connectivity index (χ2n) is 11.7. The van der Waals surface area contributed by atoms with Crippen LogP contribution in [0.1, 0.15) is 0 Å². The van der Waals surface area contributed by atoms with E-state index in [0.717, 1.165) is 0 Å². The fourth-order valence-electron chi connectivity index (χ4n) is 7.22. The van der Waals surface area contributed by atoms with Crippen LogP contribution in [-0.2, 0) is 0 Å². The molecular formula is C42H25NS2. The van der Waals surface area contributed by atoms with Crippen LogP contribution in [0, 0.1) is 0 Å². The molecule has 10 aromatic rings. The number of benzene rings is 7. The van der Waals surface area contributed by atoms with Crippen LogP contribution in [0.4, 0.5) is 0 Å². The zero-order valence-corrected chi connectivity index (χ0v) is 25.8. The van der Waals surface area contributed by atoms with Crippen LogP contribution in [-0.4, -0.2) is 4.57 Å². The van der Waals surface area contributed by atoms with Crippen LogP contribution in [0.3, 0.4) is 0 Å². The summed E-state index contributed by atoms with van der Waals surface area (Å²) in [5.41, 5.74) is 8.79. The maximum absolute atomic E-state index is 2.47. The fourth-order valence-corrected chi connectivity index (χ4v) is 9.68. The number of rotatable bonds is 3. The molecule has 0 N–H and O–H groups in total. The van der Waals surface area contributed by atoms with Gasteiger partial charge in [0.1, 0.15) is 0 Å². The topological polar surface area (TPSA) is 4.93 Å². The molecule has 0 unspecified atom stereocenters. The van der Waals surface area contributed by atoms with Crippen LogP contribution >= 0.6 is 22.7 Å². The molecule has 0 amide bonds. The molecule has 0 aliphatic carbocycles. The summed E-state index contributed by atoms with van der Waals surface area (Å²) in [5, 5.41) is 7.87. The first-order chi connectivity index (χ1) is 22.3. The Bertz CT molecular complexity index is 2710. The van der Waals surface area contributed by atoms with Crippen molar-refractivity contribution < 1.29 is 0 Å². The first kappa shape index (κ1) is 25.1. The number of para-hydroxylation sites is 2. The van der Waals surface area contributed by atoms with Gasteiger partial charge in [-0.15, -0.1) is 22.7 Å². The highest BCUT2D eigenvalue weighted by Gasteiger charge is 2.20. The van der Waals surface area contributed by atoms with Crippen LogP contribution < -0.4 is 0 Å². The molecule has 0 fully saturated rings. The molecule has 3 aromatic heterocycles. The summed E-state index contributed by atoms with van der Waals surface area (Å²) < 4.78 is 7.78. The van der Waals surface area contributed by atoms with Gasteiger partial charge in [-0.3, -0.25) is 0 Å². The van der Waals surface area contributed by atoms with Gasteiger partial charge in [0.25, 0.3) is 0 Å². The van der Waals surface area contributed by atoms with Gasteiger partial charge >= 0.3 is 0 Å².